The zero-order valence-electron chi connectivity index (χ0n) is 9.72. The molecule has 15 heavy (non-hydrogen) atoms. The monoisotopic (exact) mass is 205 g/mol. The van der Waals surface area contributed by atoms with Crippen LogP contribution in [-0.2, 0) is 0 Å². The highest BCUT2D eigenvalue weighted by atomic mass is 15.3. The summed E-state index contributed by atoms with van der Waals surface area (Å²) in [6.07, 6.45) is 6.32. The first kappa shape index (κ1) is 10.4. The summed E-state index contributed by atoms with van der Waals surface area (Å²) in [5.74, 6) is 1.85. The largest absolute Gasteiger partial charge is 0.335 e. The van der Waals surface area contributed by atoms with Crippen molar-refractivity contribution in [1.29, 1.82) is 0 Å². The second kappa shape index (κ2) is 4.17. The van der Waals surface area contributed by atoms with Crippen molar-refractivity contribution in [1.82, 2.24) is 9.97 Å². The van der Waals surface area contributed by atoms with E-state index in [4.69, 9.17) is 0 Å². The van der Waals surface area contributed by atoms with E-state index in [1.807, 2.05) is 32.3 Å². The average molecular weight is 205 g/mol. The van der Waals surface area contributed by atoms with Crippen molar-refractivity contribution in [2.45, 2.75) is 45.7 Å². The van der Waals surface area contributed by atoms with Crippen LogP contribution in [0.15, 0.2) is 18.5 Å². The Morgan fingerprint density at radius 1 is 1.20 bits per heavy atom. The second-order valence-corrected chi connectivity index (χ2v) is 4.10. The minimum atomic E-state index is 0.631. The quantitative estimate of drug-likeness (QED) is 0.705. The molecule has 2 heterocycles. The number of rotatable bonds is 1. The Bertz CT molecular complexity index is 310. The number of aromatic nitrogens is 2. The highest BCUT2D eigenvalue weighted by molar-refractivity contribution is 5.39. The van der Waals surface area contributed by atoms with Gasteiger partial charge >= 0.3 is 0 Å². The van der Waals surface area contributed by atoms with Gasteiger partial charge in [0, 0.05) is 24.5 Å². The fourth-order valence-corrected chi connectivity index (χ4v) is 2.47. The van der Waals surface area contributed by atoms with Crippen LogP contribution in [0.1, 0.15) is 33.6 Å². The van der Waals surface area contributed by atoms with Gasteiger partial charge in [-0.3, -0.25) is 0 Å². The van der Waals surface area contributed by atoms with Gasteiger partial charge in [0.2, 0.25) is 5.95 Å². The Morgan fingerprint density at radius 2 is 1.87 bits per heavy atom. The highest BCUT2D eigenvalue weighted by Gasteiger charge is 2.51. The third-order valence-corrected chi connectivity index (χ3v) is 3.14. The first-order valence-electron chi connectivity index (χ1n) is 5.91. The summed E-state index contributed by atoms with van der Waals surface area (Å²) in [7, 11) is 0. The minimum Gasteiger partial charge on any atom is -0.335 e. The fourth-order valence-electron chi connectivity index (χ4n) is 2.47. The van der Waals surface area contributed by atoms with Crippen molar-refractivity contribution in [3.8, 4) is 0 Å². The Morgan fingerprint density at radius 3 is 2.40 bits per heavy atom. The maximum atomic E-state index is 4.30. The zero-order chi connectivity index (χ0) is 10.8. The van der Waals surface area contributed by atoms with Gasteiger partial charge in [0.05, 0.1) is 0 Å². The molecule has 0 spiro atoms. The van der Waals surface area contributed by atoms with Crippen LogP contribution in [0.4, 0.5) is 5.95 Å². The standard InChI is InChI=1S/C10H13N3.C2H6/c1-7-5-8-6-9(8)13(7)10-11-3-2-4-12-10;1-2/h2-4,7-9H,5-6H2,1H3;1-2H3. The van der Waals surface area contributed by atoms with Crippen molar-refractivity contribution in [2.75, 3.05) is 4.90 Å². The Labute approximate surface area is 91.5 Å². The molecule has 2 aliphatic rings. The molecule has 0 radical (unpaired) electrons. The van der Waals surface area contributed by atoms with Crippen molar-refractivity contribution >= 4 is 5.95 Å². The number of nitrogens with zero attached hydrogens (tertiary/aromatic N) is 3. The molecule has 1 aliphatic carbocycles. The van der Waals surface area contributed by atoms with E-state index >= 15 is 0 Å². The molecule has 2 fully saturated rings. The molecular weight excluding hydrogens is 186 g/mol. The normalized spacial score (nSPS) is 31.7. The van der Waals surface area contributed by atoms with E-state index in [9.17, 15) is 0 Å². The van der Waals surface area contributed by atoms with Gasteiger partial charge in [-0.05, 0) is 31.7 Å². The lowest BCUT2D eigenvalue weighted by molar-refractivity contribution is 0.634. The van der Waals surface area contributed by atoms with Gasteiger partial charge in [0.25, 0.3) is 0 Å². The van der Waals surface area contributed by atoms with Gasteiger partial charge in [0.1, 0.15) is 0 Å². The highest BCUT2D eigenvalue weighted by Crippen LogP contribution is 2.48. The van der Waals surface area contributed by atoms with Crippen LogP contribution in [0.3, 0.4) is 0 Å². The van der Waals surface area contributed by atoms with Crippen molar-refractivity contribution < 1.29 is 0 Å². The summed E-state index contributed by atoms with van der Waals surface area (Å²) >= 11 is 0. The Kier molecular flexibility index (Phi) is 2.89. The zero-order valence-corrected chi connectivity index (χ0v) is 9.72. The molecule has 0 bridgehead atoms. The van der Waals surface area contributed by atoms with Crippen LogP contribution < -0.4 is 4.90 Å². The molecule has 1 aliphatic heterocycles. The van der Waals surface area contributed by atoms with Crippen LogP contribution >= 0.6 is 0 Å². The minimum absolute atomic E-state index is 0.631. The number of hydrogen-bond donors (Lipinski definition) is 0. The lowest BCUT2D eigenvalue weighted by atomic mass is 10.2. The van der Waals surface area contributed by atoms with E-state index in [1.165, 1.54) is 12.8 Å². The Hall–Kier alpha value is -1.12. The molecule has 1 aromatic heterocycles. The van der Waals surface area contributed by atoms with Crippen LogP contribution in [-0.4, -0.2) is 22.1 Å². The van der Waals surface area contributed by atoms with Gasteiger partial charge < -0.3 is 4.90 Å². The molecule has 0 N–H and O–H groups in total. The topological polar surface area (TPSA) is 29.0 Å². The van der Waals surface area contributed by atoms with E-state index in [-0.39, 0.29) is 0 Å². The molecule has 3 heteroatoms. The summed E-state index contributed by atoms with van der Waals surface area (Å²) in [5, 5.41) is 0. The SMILES string of the molecule is CC.CC1CC2CC2N1c1ncccn1. The van der Waals surface area contributed by atoms with E-state index in [0.29, 0.717) is 6.04 Å². The van der Waals surface area contributed by atoms with Gasteiger partial charge in [-0.25, -0.2) is 9.97 Å². The molecule has 1 saturated carbocycles. The smallest absolute Gasteiger partial charge is 0.225 e. The molecule has 3 unspecified atom stereocenters. The molecule has 0 aromatic carbocycles. The van der Waals surface area contributed by atoms with E-state index in [1.54, 1.807) is 0 Å². The van der Waals surface area contributed by atoms with E-state index in [0.717, 1.165) is 17.9 Å². The second-order valence-electron chi connectivity index (χ2n) is 4.10. The van der Waals surface area contributed by atoms with Crippen molar-refractivity contribution in [2.24, 2.45) is 5.92 Å². The van der Waals surface area contributed by atoms with Gasteiger partial charge in [-0.1, -0.05) is 13.8 Å². The fraction of sp³-hybridized carbons (Fsp3) is 0.667. The summed E-state index contributed by atoms with van der Waals surface area (Å²) in [5.41, 5.74) is 0. The maximum absolute atomic E-state index is 4.30. The van der Waals surface area contributed by atoms with Crippen LogP contribution in [0.5, 0.6) is 0 Å². The number of fused-ring (bicyclic) bond motifs is 1. The lowest BCUT2D eigenvalue weighted by Crippen LogP contribution is -2.31. The first-order chi connectivity index (χ1) is 7.36. The molecule has 1 saturated heterocycles. The van der Waals surface area contributed by atoms with Gasteiger partial charge in [0.15, 0.2) is 0 Å². The molecule has 0 amide bonds. The number of hydrogen-bond acceptors (Lipinski definition) is 3. The average Bonchev–Trinajstić information content (AvgIpc) is 2.95. The lowest BCUT2D eigenvalue weighted by Gasteiger charge is -2.23. The number of piperidine rings is 1. The third kappa shape index (κ3) is 1.83. The summed E-state index contributed by atoms with van der Waals surface area (Å²) in [6, 6.07) is 3.25. The molecular formula is C12H19N3. The molecule has 3 nitrogen and oxygen atoms in total. The van der Waals surface area contributed by atoms with Crippen molar-refractivity contribution in [3.05, 3.63) is 18.5 Å². The van der Waals surface area contributed by atoms with E-state index < -0.39 is 0 Å². The predicted molar refractivity (Wildman–Crippen MR) is 61.8 cm³/mol. The Balaban J connectivity index is 0.000000404. The first-order valence-corrected chi connectivity index (χ1v) is 5.91. The van der Waals surface area contributed by atoms with Crippen molar-refractivity contribution in [3.63, 3.8) is 0 Å². The molecule has 3 rings (SSSR count). The van der Waals surface area contributed by atoms with Crippen LogP contribution in [0, 0.1) is 5.92 Å². The third-order valence-electron chi connectivity index (χ3n) is 3.14. The summed E-state index contributed by atoms with van der Waals surface area (Å²) in [6.45, 7) is 6.27. The summed E-state index contributed by atoms with van der Waals surface area (Å²) in [4.78, 5) is 11.0. The summed E-state index contributed by atoms with van der Waals surface area (Å²) < 4.78 is 0. The predicted octanol–water partition coefficient (Wildman–Crippen LogP) is 2.49. The molecule has 1 aromatic rings. The van der Waals surface area contributed by atoms with Crippen LogP contribution in [0.25, 0.3) is 0 Å². The molecule has 82 valence electrons. The van der Waals surface area contributed by atoms with Gasteiger partial charge in [-0.15, -0.1) is 0 Å². The molecule has 3 atom stereocenters. The van der Waals surface area contributed by atoms with Crippen LogP contribution in [0.2, 0.25) is 0 Å². The maximum Gasteiger partial charge on any atom is 0.225 e. The van der Waals surface area contributed by atoms with E-state index in [2.05, 4.69) is 21.8 Å². The number of anilines is 1. The van der Waals surface area contributed by atoms with Gasteiger partial charge in [-0.2, -0.15) is 0 Å².